The molecule has 21 heavy (non-hydrogen) atoms. The van der Waals surface area contributed by atoms with Crippen molar-refractivity contribution in [3.8, 4) is 0 Å². The Bertz CT molecular complexity index is 193. The predicted octanol–water partition coefficient (Wildman–Crippen LogP) is 7.52. The predicted molar refractivity (Wildman–Crippen MR) is 113 cm³/mol. The van der Waals surface area contributed by atoms with Gasteiger partial charge < -0.3 is 0 Å². The number of halogens is 2. The van der Waals surface area contributed by atoms with E-state index in [1.165, 1.54) is 0 Å². The zero-order chi connectivity index (χ0) is 18.1. The molecule has 0 unspecified atom stereocenters. The molecule has 2 radical (unpaired) electrons. The molecule has 0 aromatic carbocycles. The van der Waals surface area contributed by atoms with Crippen LogP contribution in [0.4, 0.5) is 0 Å². The number of rotatable bonds is 0. The Morgan fingerprint density at radius 3 is 0.571 bits per heavy atom. The first kappa shape index (κ1) is 27.8. The summed E-state index contributed by atoms with van der Waals surface area (Å²) < 4.78 is 0. The van der Waals surface area contributed by atoms with E-state index in [1.54, 1.807) is 0 Å². The fraction of sp³-hybridized carbons (Fsp3) is 1.00. The van der Waals surface area contributed by atoms with E-state index in [-0.39, 0.29) is 0 Å². The Balaban J connectivity index is -0.000000260. The van der Waals surface area contributed by atoms with Gasteiger partial charge in [0.1, 0.15) is 0 Å². The van der Waals surface area contributed by atoms with Gasteiger partial charge in [0, 0.05) is 0 Å². The molecule has 0 saturated heterocycles. The molecule has 0 aromatic rings. The number of hydrogen-bond donors (Lipinski definition) is 0. The third-order valence-corrected chi connectivity index (χ3v) is 4.50. The minimum absolute atomic E-state index is 0.512. The van der Waals surface area contributed by atoms with Crippen LogP contribution in [0.5, 0.6) is 0 Å². The SMILES string of the molecule is CC(C)(C)PC(C)(C)C.CC(C)(C)PC(C)(C)C.[Cl][Ge][Cl]. The van der Waals surface area contributed by atoms with E-state index < -0.39 is 13.6 Å². The van der Waals surface area contributed by atoms with Gasteiger partial charge in [0.25, 0.3) is 0 Å². The fourth-order valence-corrected chi connectivity index (χ4v) is 6.75. The second-order valence-corrected chi connectivity index (χ2v) is 19.1. The molecule has 0 saturated carbocycles. The van der Waals surface area contributed by atoms with Gasteiger partial charge in [-0.25, -0.2) is 0 Å². The summed E-state index contributed by atoms with van der Waals surface area (Å²) in [5, 5.41) is 2.05. The molecule has 0 aliphatic rings. The number of hydrogen-bond acceptors (Lipinski definition) is 0. The fourth-order valence-electron chi connectivity index (χ4n) is 2.25. The quantitative estimate of drug-likeness (QED) is 0.272. The molecule has 0 aliphatic heterocycles. The van der Waals surface area contributed by atoms with Crippen LogP contribution in [0.25, 0.3) is 0 Å². The maximum absolute atomic E-state index is 4.89. The van der Waals surface area contributed by atoms with E-state index in [0.717, 1.165) is 17.2 Å². The summed E-state index contributed by atoms with van der Waals surface area (Å²) in [6.45, 7) is 27.6. The minimum atomic E-state index is -0.556. The third-order valence-electron chi connectivity index (χ3n) is 1.50. The second-order valence-electron chi connectivity index (χ2n) is 9.32. The van der Waals surface area contributed by atoms with Crippen molar-refractivity contribution < 1.29 is 0 Å². The van der Waals surface area contributed by atoms with Crippen LogP contribution in [0.15, 0.2) is 0 Å². The summed E-state index contributed by atoms with van der Waals surface area (Å²) in [6, 6.07) is 0. The van der Waals surface area contributed by atoms with Gasteiger partial charge in [0.15, 0.2) is 0 Å². The van der Waals surface area contributed by atoms with Crippen molar-refractivity contribution in [2.75, 3.05) is 0 Å². The Labute approximate surface area is 154 Å². The molecule has 5 heteroatoms. The maximum atomic E-state index is 4.89. The Morgan fingerprint density at radius 2 is 0.571 bits per heavy atom. The molecule has 0 N–H and O–H groups in total. The molecular formula is C16H38Cl2GeP2. The molecule has 0 rings (SSSR count). The van der Waals surface area contributed by atoms with Crippen LogP contribution in [0.3, 0.4) is 0 Å². The normalized spacial score (nSPS) is 12.9. The second kappa shape index (κ2) is 11.5. The van der Waals surface area contributed by atoms with Gasteiger partial charge in [-0.15, -0.1) is 17.2 Å². The zero-order valence-corrected chi connectivity index (χ0v) is 21.9. The first-order chi connectivity index (χ1) is 8.83. The molecular weight excluding hydrogens is 398 g/mol. The van der Waals surface area contributed by atoms with E-state index in [2.05, 4.69) is 83.1 Å². The summed E-state index contributed by atoms with van der Waals surface area (Å²) in [6.07, 6.45) is 0. The molecule has 0 bridgehead atoms. The van der Waals surface area contributed by atoms with E-state index in [9.17, 15) is 0 Å². The monoisotopic (exact) mass is 436 g/mol. The molecule has 0 fully saturated rings. The van der Waals surface area contributed by atoms with Crippen molar-refractivity contribution in [2.24, 2.45) is 0 Å². The molecule has 0 amide bonds. The topological polar surface area (TPSA) is 0 Å². The van der Waals surface area contributed by atoms with Gasteiger partial charge in [-0.1, -0.05) is 83.1 Å². The van der Waals surface area contributed by atoms with Gasteiger partial charge in [-0.2, -0.15) is 0 Å². The van der Waals surface area contributed by atoms with Crippen LogP contribution in [0, 0.1) is 0 Å². The van der Waals surface area contributed by atoms with Gasteiger partial charge in [-0.05, 0) is 20.6 Å². The first-order valence-electron chi connectivity index (χ1n) is 7.38. The Morgan fingerprint density at radius 1 is 0.476 bits per heavy atom. The summed E-state index contributed by atoms with van der Waals surface area (Å²) >= 11 is -0.556. The van der Waals surface area contributed by atoms with Crippen molar-refractivity contribution in [2.45, 2.75) is 104 Å². The van der Waals surface area contributed by atoms with E-state index in [1.807, 2.05) is 0 Å². The van der Waals surface area contributed by atoms with Crippen molar-refractivity contribution >= 4 is 50.8 Å². The molecule has 0 spiro atoms. The average Bonchev–Trinajstić information content (AvgIpc) is 1.88. The first-order valence-corrected chi connectivity index (χ1v) is 14.9. The van der Waals surface area contributed by atoms with Crippen molar-refractivity contribution in [3.05, 3.63) is 0 Å². The van der Waals surface area contributed by atoms with Crippen LogP contribution in [0.1, 0.15) is 83.1 Å². The van der Waals surface area contributed by atoms with Crippen LogP contribution in [-0.2, 0) is 0 Å². The molecule has 0 heterocycles. The molecule has 0 atom stereocenters. The third kappa shape index (κ3) is 44.9. The molecule has 0 aromatic heterocycles. The zero-order valence-electron chi connectivity index (χ0n) is 16.3. The standard InChI is InChI=1S/2C8H19P.Cl2Ge/c2*1-7(2,3)9-8(4,5)6;1-3-2/h2*9H,1-6H3;. The Kier molecular flexibility index (Phi) is 15.3. The Hall–Kier alpha value is 1.98. The van der Waals surface area contributed by atoms with Gasteiger partial charge in [0.05, 0.1) is 0 Å². The van der Waals surface area contributed by atoms with E-state index in [4.69, 9.17) is 20.0 Å². The van der Waals surface area contributed by atoms with Gasteiger partial charge >= 0.3 is 33.6 Å². The van der Waals surface area contributed by atoms with Gasteiger partial charge in [0.2, 0.25) is 0 Å². The summed E-state index contributed by atoms with van der Waals surface area (Å²) in [7, 11) is 11.9. The van der Waals surface area contributed by atoms with Gasteiger partial charge in [-0.3, -0.25) is 0 Å². The van der Waals surface area contributed by atoms with Crippen LogP contribution in [0.2, 0.25) is 0 Å². The van der Waals surface area contributed by atoms with Crippen molar-refractivity contribution in [3.63, 3.8) is 0 Å². The average molecular weight is 436 g/mol. The molecule has 0 nitrogen and oxygen atoms in total. The van der Waals surface area contributed by atoms with Crippen LogP contribution >= 0.6 is 37.2 Å². The van der Waals surface area contributed by atoms with E-state index >= 15 is 0 Å². The van der Waals surface area contributed by atoms with E-state index in [0.29, 0.717) is 20.6 Å². The summed E-state index contributed by atoms with van der Waals surface area (Å²) in [4.78, 5) is 0. The summed E-state index contributed by atoms with van der Waals surface area (Å²) in [5.41, 5.74) is 0. The molecule has 130 valence electrons. The molecule has 0 aliphatic carbocycles. The van der Waals surface area contributed by atoms with Crippen molar-refractivity contribution in [1.29, 1.82) is 0 Å². The summed E-state index contributed by atoms with van der Waals surface area (Å²) in [5.74, 6) is 0. The van der Waals surface area contributed by atoms with Crippen LogP contribution < -0.4 is 0 Å². The van der Waals surface area contributed by atoms with Crippen molar-refractivity contribution in [1.82, 2.24) is 0 Å². The van der Waals surface area contributed by atoms with Crippen LogP contribution in [-0.4, -0.2) is 34.2 Å².